The van der Waals surface area contributed by atoms with Gasteiger partial charge in [-0.15, -0.1) is 0 Å². The lowest BCUT2D eigenvalue weighted by Crippen LogP contribution is -2.62. The topological polar surface area (TPSA) is 29.5 Å². The zero-order chi connectivity index (χ0) is 14.1. The molecule has 0 aromatic rings. The van der Waals surface area contributed by atoms with Gasteiger partial charge < -0.3 is 9.55 Å². The van der Waals surface area contributed by atoms with Gasteiger partial charge in [-0.1, -0.05) is 19.9 Å². The second-order valence-corrected chi connectivity index (χ2v) is 6.33. The predicted octanol–water partition coefficient (Wildman–Crippen LogP) is 2.70. The van der Waals surface area contributed by atoms with Crippen molar-refractivity contribution in [1.82, 2.24) is 4.90 Å². The summed E-state index contributed by atoms with van der Waals surface area (Å²) in [4.78, 5) is 12.8. The second-order valence-electron chi connectivity index (χ2n) is 6.33. The highest BCUT2D eigenvalue weighted by molar-refractivity contribution is 6.67. The summed E-state index contributed by atoms with van der Waals surface area (Å²) in [7, 11) is 3.95. The molecule has 1 aliphatic rings. The van der Waals surface area contributed by atoms with E-state index < -0.39 is 0 Å². The van der Waals surface area contributed by atoms with E-state index in [0.717, 1.165) is 11.8 Å². The molecular formula is C14H24BNO2. The van der Waals surface area contributed by atoms with Gasteiger partial charge in [0.05, 0.1) is 0 Å². The van der Waals surface area contributed by atoms with Crippen LogP contribution in [0.2, 0.25) is 5.31 Å². The SMILES string of the molecule is C/C(C=O)=C/C(=C\N(C)C)B1OC(C)(C)C1(C)C. The normalized spacial score (nSPS) is 22.5. The van der Waals surface area contributed by atoms with Crippen molar-refractivity contribution < 1.29 is 9.45 Å². The molecule has 0 amide bonds. The molecule has 0 bridgehead atoms. The van der Waals surface area contributed by atoms with Crippen molar-refractivity contribution >= 4 is 13.2 Å². The molecule has 1 rings (SSSR count). The standard InChI is InChI=1S/C14H24BNO2/c1-11(10-17)8-12(9-16(6)7)15-13(2,3)14(4,5)18-15/h8-10H,1-7H3/b11-8-,12-9+. The Morgan fingerprint density at radius 2 is 1.78 bits per heavy atom. The highest BCUT2D eigenvalue weighted by atomic mass is 16.5. The minimum absolute atomic E-state index is 0.0322. The maximum atomic E-state index is 10.8. The molecule has 1 heterocycles. The van der Waals surface area contributed by atoms with E-state index in [2.05, 4.69) is 27.7 Å². The van der Waals surface area contributed by atoms with Gasteiger partial charge in [0.15, 0.2) is 0 Å². The van der Waals surface area contributed by atoms with Crippen LogP contribution in [0.1, 0.15) is 34.6 Å². The van der Waals surface area contributed by atoms with Gasteiger partial charge in [-0.3, -0.25) is 4.79 Å². The Kier molecular flexibility index (Phi) is 4.11. The van der Waals surface area contributed by atoms with E-state index in [1.807, 2.05) is 38.2 Å². The van der Waals surface area contributed by atoms with Crippen molar-refractivity contribution in [2.24, 2.45) is 0 Å². The Morgan fingerprint density at radius 3 is 2.11 bits per heavy atom. The van der Waals surface area contributed by atoms with Crippen molar-refractivity contribution in [2.45, 2.75) is 45.5 Å². The fourth-order valence-corrected chi connectivity index (χ4v) is 2.11. The number of hydrogen-bond acceptors (Lipinski definition) is 3. The van der Waals surface area contributed by atoms with Gasteiger partial charge in [-0.2, -0.15) is 0 Å². The maximum Gasteiger partial charge on any atom is 0.337 e. The summed E-state index contributed by atoms with van der Waals surface area (Å²) < 4.78 is 5.99. The fraction of sp³-hybridized carbons (Fsp3) is 0.643. The molecular weight excluding hydrogens is 225 g/mol. The summed E-state index contributed by atoms with van der Waals surface area (Å²) in [6, 6.07) is 0. The molecule has 1 aliphatic heterocycles. The van der Waals surface area contributed by atoms with Gasteiger partial charge in [0.25, 0.3) is 0 Å². The van der Waals surface area contributed by atoms with Crippen LogP contribution in [0, 0.1) is 0 Å². The number of hydrogen-bond donors (Lipinski definition) is 0. The van der Waals surface area contributed by atoms with E-state index in [4.69, 9.17) is 4.65 Å². The molecule has 0 unspecified atom stereocenters. The van der Waals surface area contributed by atoms with Gasteiger partial charge in [-0.05, 0) is 38.0 Å². The quantitative estimate of drug-likeness (QED) is 0.332. The summed E-state index contributed by atoms with van der Waals surface area (Å²) in [6.45, 7) is 10.5. The Hall–Kier alpha value is -1.03. The summed E-state index contributed by atoms with van der Waals surface area (Å²) in [5.41, 5.74) is 1.63. The Morgan fingerprint density at radius 1 is 1.22 bits per heavy atom. The average molecular weight is 249 g/mol. The average Bonchev–Trinajstić information content (AvgIpc) is 2.24. The van der Waals surface area contributed by atoms with Crippen molar-refractivity contribution in [3.63, 3.8) is 0 Å². The number of carbonyl (C=O) groups excluding carboxylic acids is 1. The molecule has 1 fully saturated rings. The molecule has 100 valence electrons. The first-order chi connectivity index (χ1) is 8.11. The van der Waals surface area contributed by atoms with Crippen LogP contribution in [-0.2, 0) is 9.45 Å². The number of allylic oxidation sites excluding steroid dienone is 3. The van der Waals surface area contributed by atoms with Gasteiger partial charge >= 0.3 is 6.92 Å². The molecule has 4 heteroatoms. The zero-order valence-electron chi connectivity index (χ0n) is 12.6. The van der Waals surface area contributed by atoms with Gasteiger partial charge in [-0.25, -0.2) is 0 Å². The highest BCUT2D eigenvalue weighted by Crippen LogP contribution is 2.55. The van der Waals surface area contributed by atoms with E-state index in [1.165, 1.54) is 0 Å². The highest BCUT2D eigenvalue weighted by Gasteiger charge is 2.59. The molecule has 0 aliphatic carbocycles. The molecule has 0 saturated carbocycles. The van der Waals surface area contributed by atoms with Crippen LogP contribution in [0.4, 0.5) is 0 Å². The first kappa shape index (κ1) is 15.0. The summed E-state index contributed by atoms with van der Waals surface area (Å²) >= 11 is 0. The number of nitrogens with zero attached hydrogens (tertiary/aromatic N) is 1. The Bertz CT molecular complexity index is 395. The molecule has 1 saturated heterocycles. The molecule has 0 N–H and O–H groups in total. The predicted molar refractivity (Wildman–Crippen MR) is 76.6 cm³/mol. The first-order valence-corrected chi connectivity index (χ1v) is 6.31. The number of rotatable bonds is 4. The minimum atomic E-state index is -0.133. The van der Waals surface area contributed by atoms with E-state index in [-0.39, 0.29) is 17.8 Å². The zero-order valence-corrected chi connectivity index (χ0v) is 12.6. The monoisotopic (exact) mass is 249 g/mol. The van der Waals surface area contributed by atoms with Gasteiger partial charge in [0.1, 0.15) is 6.29 Å². The third-order valence-electron chi connectivity index (χ3n) is 3.91. The molecule has 0 aromatic carbocycles. The lowest BCUT2D eigenvalue weighted by Gasteiger charge is -2.57. The molecule has 0 atom stereocenters. The third kappa shape index (κ3) is 2.69. The van der Waals surface area contributed by atoms with Crippen LogP contribution in [0.25, 0.3) is 0 Å². The minimum Gasteiger partial charge on any atom is -0.425 e. The van der Waals surface area contributed by atoms with E-state index in [9.17, 15) is 4.79 Å². The van der Waals surface area contributed by atoms with Crippen molar-refractivity contribution in [2.75, 3.05) is 14.1 Å². The summed E-state index contributed by atoms with van der Waals surface area (Å²) in [5, 5.41) is 0.0501. The van der Waals surface area contributed by atoms with Crippen molar-refractivity contribution in [3.05, 3.63) is 23.3 Å². The van der Waals surface area contributed by atoms with E-state index in [0.29, 0.717) is 5.57 Å². The number of carbonyl (C=O) groups is 1. The van der Waals surface area contributed by atoms with Crippen molar-refractivity contribution in [3.8, 4) is 0 Å². The molecule has 3 nitrogen and oxygen atoms in total. The summed E-state index contributed by atoms with van der Waals surface area (Å²) in [5.74, 6) is 0. The maximum absolute atomic E-state index is 10.8. The lowest BCUT2D eigenvalue weighted by atomic mass is 9.32. The first-order valence-electron chi connectivity index (χ1n) is 6.31. The molecule has 0 aromatic heterocycles. The second kappa shape index (κ2) is 4.92. The molecule has 18 heavy (non-hydrogen) atoms. The van der Waals surface area contributed by atoms with Gasteiger partial charge in [0.2, 0.25) is 0 Å². The van der Waals surface area contributed by atoms with Crippen molar-refractivity contribution in [1.29, 1.82) is 0 Å². The largest absolute Gasteiger partial charge is 0.425 e. The van der Waals surface area contributed by atoms with Crippen LogP contribution >= 0.6 is 0 Å². The van der Waals surface area contributed by atoms with Crippen LogP contribution < -0.4 is 0 Å². The number of aldehydes is 1. The third-order valence-corrected chi connectivity index (χ3v) is 3.91. The van der Waals surface area contributed by atoms with Crippen LogP contribution in [-0.4, -0.2) is 37.8 Å². The lowest BCUT2D eigenvalue weighted by molar-refractivity contribution is -0.104. The van der Waals surface area contributed by atoms with Crippen LogP contribution in [0.5, 0.6) is 0 Å². The van der Waals surface area contributed by atoms with Gasteiger partial charge in [0, 0.05) is 25.0 Å². The summed E-state index contributed by atoms with van der Waals surface area (Å²) in [6.07, 6.45) is 4.81. The smallest absolute Gasteiger partial charge is 0.337 e. The Labute approximate surface area is 111 Å². The van der Waals surface area contributed by atoms with Crippen LogP contribution in [0.15, 0.2) is 23.3 Å². The molecule has 0 spiro atoms. The van der Waals surface area contributed by atoms with E-state index >= 15 is 0 Å². The molecule has 0 radical (unpaired) electrons. The fourth-order valence-electron chi connectivity index (χ4n) is 2.11. The Balaban J connectivity index is 3.06. The van der Waals surface area contributed by atoms with Crippen LogP contribution in [0.3, 0.4) is 0 Å². The van der Waals surface area contributed by atoms with E-state index in [1.54, 1.807) is 0 Å².